The third-order valence-corrected chi connectivity index (χ3v) is 3.90. The lowest BCUT2D eigenvalue weighted by atomic mass is 10.1. The Morgan fingerprint density at radius 2 is 2.05 bits per heavy atom. The summed E-state index contributed by atoms with van der Waals surface area (Å²) in [4.78, 5) is 6.82. The number of rotatable bonds is 2. The molecule has 0 aliphatic carbocycles. The number of fused-ring (bicyclic) bond motifs is 1. The monoisotopic (exact) mass is 257 g/mol. The Labute approximate surface area is 113 Å². The van der Waals surface area contributed by atoms with E-state index in [1.54, 1.807) is 0 Å². The number of ether oxygens (including phenoxy) is 1. The predicted octanol–water partition coefficient (Wildman–Crippen LogP) is 2.43. The van der Waals surface area contributed by atoms with Gasteiger partial charge < -0.3 is 15.4 Å². The van der Waals surface area contributed by atoms with Crippen molar-refractivity contribution < 1.29 is 4.74 Å². The maximum atomic E-state index is 6.03. The summed E-state index contributed by atoms with van der Waals surface area (Å²) < 4.78 is 5.43. The molecule has 1 aliphatic heterocycles. The van der Waals surface area contributed by atoms with Gasteiger partial charge >= 0.3 is 0 Å². The summed E-state index contributed by atoms with van der Waals surface area (Å²) in [7, 11) is 2.13. The second-order valence-electron chi connectivity index (χ2n) is 5.03. The van der Waals surface area contributed by atoms with Crippen LogP contribution in [0.25, 0.3) is 10.9 Å². The van der Waals surface area contributed by atoms with E-state index in [4.69, 9.17) is 10.5 Å². The van der Waals surface area contributed by atoms with E-state index in [1.807, 2.05) is 24.4 Å². The van der Waals surface area contributed by atoms with Crippen LogP contribution in [0.1, 0.15) is 12.8 Å². The molecule has 0 amide bonds. The van der Waals surface area contributed by atoms with Crippen LogP contribution in [0.15, 0.2) is 30.5 Å². The number of nitrogens with two attached hydrogens (primary N) is 1. The number of aromatic nitrogens is 1. The number of anilines is 2. The minimum atomic E-state index is 0.516. The molecule has 0 atom stereocenters. The summed E-state index contributed by atoms with van der Waals surface area (Å²) in [6, 6.07) is 8.51. The molecule has 1 aliphatic rings. The Balaban J connectivity index is 2.02. The number of hydrogen-bond acceptors (Lipinski definition) is 4. The van der Waals surface area contributed by atoms with E-state index >= 15 is 0 Å². The molecular weight excluding hydrogens is 238 g/mol. The fourth-order valence-corrected chi connectivity index (χ4v) is 2.73. The molecule has 3 rings (SSSR count). The zero-order chi connectivity index (χ0) is 13.2. The van der Waals surface area contributed by atoms with Crippen LogP contribution >= 0.6 is 0 Å². The van der Waals surface area contributed by atoms with Gasteiger partial charge in [-0.25, -0.2) is 0 Å². The molecule has 2 heterocycles. The molecule has 2 aromatic rings. The van der Waals surface area contributed by atoms with Gasteiger partial charge in [0.2, 0.25) is 0 Å². The first-order valence-electron chi connectivity index (χ1n) is 6.71. The van der Waals surface area contributed by atoms with E-state index in [9.17, 15) is 0 Å². The highest BCUT2D eigenvalue weighted by Crippen LogP contribution is 2.31. The highest BCUT2D eigenvalue weighted by atomic mass is 16.5. The van der Waals surface area contributed by atoms with Crippen LogP contribution in [0.4, 0.5) is 11.4 Å². The average molecular weight is 257 g/mol. The first-order chi connectivity index (χ1) is 9.27. The van der Waals surface area contributed by atoms with Gasteiger partial charge in [0, 0.05) is 43.6 Å². The van der Waals surface area contributed by atoms with Crippen LogP contribution in [0.2, 0.25) is 0 Å². The molecule has 0 unspecified atom stereocenters. The third kappa shape index (κ3) is 2.24. The second-order valence-corrected chi connectivity index (χ2v) is 5.03. The molecule has 19 heavy (non-hydrogen) atoms. The van der Waals surface area contributed by atoms with Gasteiger partial charge in [-0.2, -0.15) is 0 Å². The number of benzene rings is 1. The van der Waals surface area contributed by atoms with Crippen LogP contribution in [-0.4, -0.2) is 31.3 Å². The molecule has 1 aromatic carbocycles. The summed E-state index contributed by atoms with van der Waals surface area (Å²) in [6.45, 7) is 1.69. The van der Waals surface area contributed by atoms with Gasteiger partial charge in [0.25, 0.3) is 0 Å². The van der Waals surface area contributed by atoms with Crippen molar-refractivity contribution in [1.29, 1.82) is 0 Å². The van der Waals surface area contributed by atoms with Crippen molar-refractivity contribution in [2.24, 2.45) is 0 Å². The number of hydrogen-bond donors (Lipinski definition) is 1. The molecule has 0 radical (unpaired) electrons. The van der Waals surface area contributed by atoms with Gasteiger partial charge in [-0.3, -0.25) is 4.98 Å². The minimum Gasteiger partial charge on any atom is -0.398 e. The summed E-state index contributed by atoms with van der Waals surface area (Å²) in [5, 5.41) is 1.03. The standard InChI is InChI=1S/C15H19N3O/c1-18(11-6-9-19-10-7-11)14-5-4-13(16)12-3-2-8-17-15(12)14/h2-5,8,11H,6-7,9-10,16H2,1H3. The molecule has 4 nitrogen and oxygen atoms in total. The molecule has 0 spiro atoms. The molecule has 2 N–H and O–H groups in total. The van der Waals surface area contributed by atoms with Crippen molar-refractivity contribution in [3.8, 4) is 0 Å². The maximum absolute atomic E-state index is 6.03. The smallest absolute Gasteiger partial charge is 0.0955 e. The van der Waals surface area contributed by atoms with Crippen molar-refractivity contribution in [2.75, 3.05) is 30.9 Å². The third-order valence-electron chi connectivity index (χ3n) is 3.90. The van der Waals surface area contributed by atoms with E-state index < -0.39 is 0 Å². The Morgan fingerprint density at radius 1 is 1.26 bits per heavy atom. The van der Waals surface area contributed by atoms with Gasteiger partial charge in [0.1, 0.15) is 0 Å². The van der Waals surface area contributed by atoms with Crippen LogP contribution in [-0.2, 0) is 4.74 Å². The highest BCUT2D eigenvalue weighted by Gasteiger charge is 2.20. The Morgan fingerprint density at radius 3 is 2.84 bits per heavy atom. The lowest BCUT2D eigenvalue weighted by Crippen LogP contribution is -2.36. The first kappa shape index (κ1) is 12.2. The Bertz CT molecular complexity index is 579. The fourth-order valence-electron chi connectivity index (χ4n) is 2.73. The zero-order valence-corrected chi connectivity index (χ0v) is 11.2. The lowest BCUT2D eigenvalue weighted by molar-refractivity contribution is 0.0855. The SMILES string of the molecule is CN(c1ccc(N)c2cccnc12)C1CCOCC1. The van der Waals surface area contributed by atoms with Gasteiger partial charge in [0.15, 0.2) is 0 Å². The molecule has 4 heteroatoms. The van der Waals surface area contributed by atoms with E-state index in [0.29, 0.717) is 6.04 Å². The van der Waals surface area contributed by atoms with Crippen molar-refractivity contribution >= 4 is 22.3 Å². The first-order valence-corrected chi connectivity index (χ1v) is 6.71. The van der Waals surface area contributed by atoms with E-state index in [1.165, 1.54) is 0 Å². The minimum absolute atomic E-state index is 0.516. The summed E-state index contributed by atoms with van der Waals surface area (Å²) in [5.41, 5.74) is 8.94. The van der Waals surface area contributed by atoms with Gasteiger partial charge in [0.05, 0.1) is 11.2 Å². The Hall–Kier alpha value is -1.81. The molecule has 1 fully saturated rings. The Kier molecular flexibility index (Phi) is 3.25. The molecule has 1 saturated heterocycles. The van der Waals surface area contributed by atoms with Gasteiger partial charge in [-0.05, 0) is 37.1 Å². The van der Waals surface area contributed by atoms with Crippen LogP contribution in [0.5, 0.6) is 0 Å². The van der Waals surface area contributed by atoms with Crippen LogP contribution < -0.4 is 10.6 Å². The zero-order valence-electron chi connectivity index (χ0n) is 11.2. The highest BCUT2D eigenvalue weighted by molar-refractivity contribution is 5.98. The van der Waals surface area contributed by atoms with Crippen LogP contribution in [0.3, 0.4) is 0 Å². The second kappa shape index (κ2) is 5.05. The topological polar surface area (TPSA) is 51.4 Å². The van der Waals surface area contributed by atoms with Gasteiger partial charge in [-0.15, -0.1) is 0 Å². The number of nitrogen functional groups attached to an aromatic ring is 1. The molecular formula is C15H19N3O. The van der Waals surface area contributed by atoms with E-state index in [0.717, 1.165) is 48.3 Å². The molecule has 0 saturated carbocycles. The van der Waals surface area contributed by atoms with E-state index in [-0.39, 0.29) is 0 Å². The van der Waals surface area contributed by atoms with Crippen LogP contribution in [0, 0.1) is 0 Å². The number of pyridine rings is 1. The average Bonchev–Trinajstić information content (AvgIpc) is 2.48. The molecule has 0 bridgehead atoms. The van der Waals surface area contributed by atoms with Crippen molar-refractivity contribution in [3.05, 3.63) is 30.5 Å². The summed E-state index contributed by atoms with van der Waals surface area (Å²) in [5.74, 6) is 0. The number of nitrogens with zero attached hydrogens (tertiary/aromatic N) is 2. The lowest BCUT2D eigenvalue weighted by Gasteiger charge is -2.33. The summed E-state index contributed by atoms with van der Waals surface area (Å²) >= 11 is 0. The van der Waals surface area contributed by atoms with E-state index in [2.05, 4.69) is 23.0 Å². The van der Waals surface area contributed by atoms with Crippen molar-refractivity contribution in [3.63, 3.8) is 0 Å². The maximum Gasteiger partial charge on any atom is 0.0955 e. The van der Waals surface area contributed by atoms with Crippen molar-refractivity contribution in [2.45, 2.75) is 18.9 Å². The summed E-state index contributed by atoms with van der Waals surface area (Å²) in [6.07, 6.45) is 3.95. The van der Waals surface area contributed by atoms with Gasteiger partial charge in [-0.1, -0.05) is 0 Å². The molecule has 100 valence electrons. The fraction of sp³-hybridized carbons (Fsp3) is 0.400. The predicted molar refractivity (Wildman–Crippen MR) is 78.4 cm³/mol. The quantitative estimate of drug-likeness (QED) is 0.839. The largest absolute Gasteiger partial charge is 0.398 e. The molecule has 1 aromatic heterocycles. The van der Waals surface area contributed by atoms with Crippen molar-refractivity contribution in [1.82, 2.24) is 4.98 Å². The normalized spacial score (nSPS) is 16.7.